The quantitative estimate of drug-likeness (QED) is 0.704. The highest BCUT2D eigenvalue weighted by molar-refractivity contribution is 5.94. The van der Waals surface area contributed by atoms with Gasteiger partial charge in [0.15, 0.2) is 0 Å². The molecule has 0 bridgehead atoms. The highest BCUT2D eigenvalue weighted by Crippen LogP contribution is 2.12. The van der Waals surface area contributed by atoms with E-state index in [1.54, 1.807) is 17.3 Å². The predicted octanol–water partition coefficient (Wildman–Crippen LogP) is 4.01. The maximum atomic E-state index is 12.7. The number of hydrogen-bond donors (Lipinski definition) is 1. The summed E-state index contributed by atoms with van der Waals surface area (Å²) in [5.41, 5.74) is 3.84. The third kappa shape index (κ3) is 4.93. The van der Waals surface area contributed by atoms with E-state index in [4.69, 9.17) is 0 Å². The van der Waals surface area contributed by atoms with Crippen molar-refractivity contribution in [1.29, 1.82) is 0 Å². The lowest BCUT2D eigenvalue weighted by atomic mass is 10.1. The van der Waals surface area contributed by atoms with Gasteiger partial charge < -0.3 is 10.2 Å². The first-order valence-electron chi connectivity index (χ1n) is 8.74. The van der Waals surface area contributed by atoms with Crippen LogP contribution in [0, 0.1) is 0 Å². The largest absolute Gasteiger partial charge is 0.383 e. The van der Waals surface area contributed by atoms with Crippen LogP contribution >= 0.6 is 0 Å². The van der Waals surface area contributed by atoms with Crippen LogP contribution in [-0.2, 0) is 13.0 Å². The fourth-order valence-corrected chi connectivity index (χ4v) is 2.80. The van der Waals surface area contributed by atoms with Gasteiger partial charge >= 0.3 is 0 Å². The van der Waals surface area contributed by atoms with Crippen molar-refractivity contribution in [3.8, 4) is 0 Å². The minimum atomic E-state index is -0.0342. The normalized spacial score (nSPS) is 10.3. The SMILES string of the molecule is CN(Cc1ccccc1)C(=O)c1cncc(NCCc2ccccc2)c1. The number of rotatable bonds is 7. The molecular weight excluding hydrogens is 322 g/mol. The van der Waals surface area contributed by atoms with Crippen LogP contribution in [0.4, 0.5) is 5.69 Å². The molecule has 0 fully saturated rings. The summed E-state index contributed by atoms with van der Waals surface area (Å²) >= 11 is 0. The summed E-state index contributed by atoms with van der Waals surface area (Å²) in [4.78, 5) is 18.6. The van der Waals surface area contributed by atoms with Crippen LogP contribution in [0.25, 0.3) is 0 Å². The molecular formula is C22H23N3O. The molecule has 0 aliphatic rings. The number of carbonyl (C=O) groups excluding carboxylic acids is 1. The maximum Gasteiger partial charge on any atom is 0.255 e. The Kier molecular flexibility index (Phi) is 5.99. The predicted molar refractivity (Wildman–Crippen MR) is 105 cm³/mol. The average molecular weight is 345 g/mol. The van der Waals surface area contributed by atoms with Gasteiger partial charge in [-0.05, 0) is 23.6 Å². The zero-order valence-electron chi connectivity index (χ0n) is 14.9. The van der Waals surface area contributed by atoms with E-state index in [0.717, 1.165) is 24.2 Å². The molecule has 1 heterocycles. The molecule has 1 amide bonds. The van der Waals surface area contributed by atoms with E-state index >= 15 is 0 Å². The van der Waals surface area contributed by atoms with E-state index in [0.29, 0.717) is 12.1 Å². The number of benzene rings is 2. The number of nitrogens with one attached hydrogen (secondary N) is 1. The third-order valence-corrected chi connectivity index (χ3v) is 4.18. The molecule has 3 rings (SSSR count). The monoisotopic (exact) mass is 345 g/mol. The van der Waals surface area contributed by atoms with Gasteiger partial charge in [-0.1, -0.05) is 60.7 Å². The highest BCUT2D eigenvalue weighted by Gasteiger charge is 2.13. The lowest BCUT2D eigenvalue weighted by Gasteiger charge is -2.17. The van der Waals surface area contributed by atoms with Gasteiger partial charge in [-0.15, -0.1) is 0 Å². The van der Waals surface area contributed by atoms with E-state index < -0.39 is 0 Å². The van der Waals surface area contributed by atoms with Crippen LogP contribution in [0.1, 0.15) is 21.5 Å². The van der Waals surface area contributed by atoms with Crippen LogP contribution in [-0.4, -0.2) is 29.4 Å². The standard InChI is InChI=1S/C22H23N3O/c1-25(17-19-10-6-3-7-11-19)22(26)20-14-21(16-23-15-20)24-13-12-18-8-4-2-5-9-18/h2-11,14-16,24H,12-13,17H2,1H3. The molecule has 132 valence electrons. The Labute approximate surface area is 154 Å². The summed E-state index contributed by atoms with van der Waals surface area (Å²) in [5.74, 6) is -0.0342. The average Bonchev–Trinajstić information content (AvgIpc) is 2.69. The molecule has 0 aliphatic heterocycles. The summed E-state index contributed by atoms with van der Waals surface area (Å²) in [6.07, 6.45) is 4.29. The molecule has 0 saturated heterocycles. The first-order chi connectivity index (χ1) is 12.7. The van der Waals surface area contributed by atoms with Gasteiger partial charge in [0.05, 0.1) is 11.3 Å². The van der Waals surface area contributed by atoms with Crippen molar-refractivity contribution >= 4 is 11.6 Å². The van der Waals surface area contributed by atoms with Crippen molar-refractivity contribution < 1.29 is 4.79 Å². The number of nitrogens with zero attached hydrogens (tertiary/aromatic N) is 2. The summed E-state index contributed by atoms with van der Waals surface area (Å²) < 4.78 is 0. The van der Waals surface area contributed by atoms with E-state index in [1.807, 2.05) is 61.6 Å². The fourth-order valence-electron chi connectivity index (χ4n) is 2.80. The van der Waals surface area contributed by atoms with E-state index in [1.165, 1.54) is 5.56 Å². The number of amides is 1. The Balaban J connectivity index is 1.58. The lowest BCUT2D eigenvalue weighted by Crippen LogP contribution is -2.26. The second kappa shape index (κ2) is 8.81. The summed E-state index contributed by atoms with van der Waals surface area (Å²) in [6, 6.07) is 22.1. The van der Waals surface area contributed by atoms with E-state index in [9.17, 15) is 4.79 Å². The zero-order chi connectivity index (χ0) is 18.2. The summed E-state index contributed by atoms with van der Waals surface area (Å²) in [6.45, 7) is 1.37. The van der Waals surface area contributed by atoms with Gasteiger partial charge in [0, 0.05) is 32.5 Å². The molecule has 0 radical (unpaired) electrons. The maximum absolute atomic E-state index is 12.7. The van der Waals surface area contributed by atoms with Gasteiger partial charge in [-0.2, -0.15) is 0 Å². The lowest BCUT2D eigenvalue weighted by molar-refractivity contribution is 0.0784. The van der Waals surface area contributed by atoms with Crippen LogP contribution < -0.4 is 5.32 Å². The molecule has 4 nitrogen and oxygen atoms in total. The minimum absolute atomic E-state index is 0.0342. The molecule has 2 aromatic carbocycles. The summed E-state index contributed by atoms with van der Waals surface area (Å²) in [7, 11) is 1.81. The number of aromatic nitrogens is 1. The minimum Gasteiger partial charge on any atom is -0.383 e. The van der Waals surface area contributed by atoms with E-state index in [-0.39, 0.29) is 5.91 Å². The van der Waals surface area contributed by atoms with Crippen molar-refractivity contribution in [1.82, 2.24) is 9.88 Å². The molecule has 4 heteroatoms. The number of anilines is 1. The molecule has 0 atom stereocenters. The second-order valence-corrected chi connectivity index (χ2v) is 6.27. The van der Waals surface area contributed by atoms with Crippen LogP contribution in [0.2, 0.25) is 0 Å². The van der Waals surface area contributed by atoms with Crippen LogP contribution in [0.3, 0.4) is 0 Å². The highest BCUT2D eigenvalue weighted by atomic mass is 16.2. The van der Waals surface area contributed by atoms with Crippen molar-refractivity contribution in [2.45, 2.75) is 13.0 Å². The van der Waals surface area contributed by atoms with Gasteiger partial charge in [0.1, 0.15) is 0 Å². The topological polar surface area (TPSA) is 45.2 Å². The molecule has 26 heavy (non-hydrogen) atoms. The zero-order valence-corrected chi connectivity index (χ0v) is 14.9. The Hall–Kier alpha value is -3.14. The Morgan fingerprint density at radius 2 is 1.62 bits per heavy atom. The van der Waals surface area contributed by atoms with E-state index in [2.05, 4.69) is 22.4 Å². The molecule has 0 spiro atoms. The van der Waals surface area contributed by atoms with Gasteiger partial charge in [0.2, 0.25) is 0 Å². The van der Waals surface area contributed by atoms with Gasteiger partial charge in [0.25, 0.3) is 5.91 Å². The molecule has 1 aromatic heterocycles. The Morgan fingerprint density at radius 1 is 0.962 bits per heavy atom. The molecule has 0 aliphatic carbocycles. The van der Waals surface area contributed by atoms with Crippen molar-refractivity contribution in [3.63, 3.8) is 0 Å². The molecule has 0 saturated carbocycles. The number of hydrogen-bond acceptors (Lipinski definition) is 3. The Bertz CT molecular complexity index is 834. The van der Waals surface area contributed by atoms with Crippen molar-refractivity contribution in [3.05, 3.63) is 95.8 Å². The first kappa shape index (κ1) is 17.7. The molecule has 3 aromatic rings. The number of carbonyl (C=O) groups is 1. The summed E-state index contributed by atoms with van der Waals surface area (Å²) in [5, 5.41) is 3.34. The molecule has 0 unspecified atom stereocenters. The van der Waals surface area contributed by atoms with Gasteiger partial charge in [-0.3, -0.25) is 9.78 Å². The second-order valence-electron chi connectivity index (χ2n) is 6.27. The molecule has 1 N–H and O–H groups in total. The third-order valence-electron chi connectivity index (χ3n) is 4.18. The van der Waals surface area contributed by atoms with Crippen molar-refractivity contribution in [2.24, 2.45) is 0 Å². The first-order valence-corrected chi connectivity index (χ1v) is 8.74. The van der Waals surface area contributed by atoms with Crippen LogP contribution in [0.15, 0.2) is 79.1 Å². The van der Waals surface area contributed by atoms with Crippen molar-refractivity contribution in [2.75, 3.05) is 18.9 Å². The van der Waals surface area contributed by atoms with Gasteiger partial charge in [-0.25, -0.2) is 0 Å². The number of pyridine rings is 1. The fraction of sp³-hybridized carbons (Fsp3) is 0.182. The Morgan fingerprint density at radius 3 is 2.31 bits per heavy atom. The smallest absolute Gasteiger partial charge is 0.255 e. The van der Waals surface area contributed by atoms with Crippen LogP contribution in [0.5, 0.6) is 0 Å².